The van der Waals surface area contributed by atoms with Crippen LogP contribution in [0.1, 0.15) is 48.2 Å². The highest BCUT2D eigenvalue weighted by Gasteiger charge is 2.30. The number of carboxylic acids is 1. The Morgan fingerprint density at radius 2 is 1.74 bits per heavy atom. The molecule has 0 spiro atoms. The summed E-state index contributed by atoms with van der Waals surface area (Å²) in [5.41, 5.74) is 1.43. The quantitative estimate of drug-likeness (QED) is 0.411. The number of rotatable bonds is 8. The number of benzene rings is 2. The highest BCUT2D eigenvalue weighted by molar-refractivity contribution is 5.92. The molecule has 0 heterocycles. The number of hydrogen-bond donors (Lipinski definition) is 1. The van der Waals surface area contributed by atoms with Crippen LogP contribution in [0.3, 0.4) is 0 Å². The zero-order valence-corrected chi connectivity index (χ0v) is 16.2. The topological polar surface area (TPSA) is 72.8 Å². The van der Waals surface area contributed by atoms with Crippen molar-refractivity contribution >= 4 is 11.9 Å². The van der Waals surface area contributed by atoms with Crippen LogP contribution >= 0.6 is 0 Å². The van der Waals surface area contributed by atoms with E-state index in [1.54, 1.807) is 26.0 Å². The average Bonchev–Trinajstić information content (AvgIpc) is 2.61. The van der Waals surface area contributed by atoms with Gasteiger partial charge in [-0.1, -0.05) is 24.3 Å². The summed E-state index contributed by atoms with van der Waals surface area (Å²) in [6.45, 7) is 8.08. The van der Waals surface area contributed by atoms with Crippen molar-refractivity contribution in [3.63, 3.8) is 0 Å². The van der Waals surface area contributed by atoms with E-state index in [-0.39, 0.29) is 11.3 Å². The molecule has 0 saturated carbocycles. The maximum Gasteiger partial charge on any atom is 0.339 e. The molecular formula is C22H26O5. The molecule has 0 saturated heterocycles. The predicted molar refractivity (Wildman–Crippen MR) is 103 cm³/mol. The van der Waals surface area contributed by atoms with Crippen LogP contribution in [0.25, 0.3) is 0 Å². The van der Waals surface area contributed by atoms with Gasteiger partial charge in [0.2, 0.25) is 0 Å². The van der Waals surface area contributed by atoms with E-state index in [0.29, 0.717) is 19.4 Å². The number of para-hydroxylation sites is 1. The number of carbonyl (C=O) groups excluding carboxylic acids is 1. The molecule has 0 radical (unpaired) electrons. The van der Waals surface area contributed by atoms with Crippen LogP contribution in [0.2, 0.25) is 0 Å². The standard InChI is InChI=1S/C22H26O5/c1-15-10-11-16(2)19(14-15)26-13-7-12-22(3,4)21(25)27-18-9-6-5-8-17(18)20(23)24/h5-6,8-11,14H,7,12-13H2,1-4H3,(H,23,24). The Balaban J connectivity index is 1.91. The molecule has 2 rings (SSSR count). The second-order valence-electron chi connectivity index (χ2n) is 7.30. The minimum Gasteiger partial charge on any atom is -0.493 e. The fraction of sp³-hybridized carbons (Fsp3) is 0.364. The van der Waals surface area contributed by atoms with Gasteiger partial charge in [-0.3, -0.25) is 4.79 Å². The first kappa shape index (κ1) is 20.5. The molecule has 5 nitrogen and oxygen atoms in total. The highest BCUT2D eigenvalue weighted by Crippen LogP contribution is 2.28. The molecule has 0 fully saturated rings. The first-order valence-electron chi connectivity index (χ1n) is 8.95. The molecule has 0 amide bonds. The predicted octanol–water partition coefficient (Wildman–Crippen LogP) is 4.79. The van der Waals surface area contributed by atoms with Crippen molar-refractivity contribution in [2.24, 2.45) is 5.41 Å². The Morgan fingerprint density at radius 1 is 1.04 bits per heavy atom. The zero-order valence-electron chi connectivity index (χ0n) is 16.2. The number of ether oxygens (including phenoxy) is 2. The summed E-state index contributed by atoms with van der Waals surface area (Å²) < 4.78 is 11.2. The van der Waals surface area contributed by atoms with Crippen molar-refractivity contribution in [1.29, 1.82) is 0 Å². The summed E-state index contributed by atoms with van der Waals surface area (Å²) in [6.07, 6.45) is 1.24. The number of carbonyl (C=O) groups is 2. The van der Waals surface area contributed by atoms with Crippen LogP contribution < -0.4 is 9.47 Å². The van der Waals surface area contributed by atoms with E-state index < -0.39 is 17.4 Å². The Bertz CT molecular complexity index is 823. The first-order valence-corrected chi connectivity index (χ1v) is 8.95. The van der Waals surface area contributed by atoms with E-state index in [0.717, 1.165) is 16.9 Å². The number of esters is 1. The molecule has 0 atom stereocenters. The van der Waals surface area contributed by atoms with E-state index in [1.165, 1.54) is 12.1 Å². The van der Waals surface area contributed by atoms with Gasteiger partial charge in [-0.05, 0) is 69.9 Å². The van der Waals surface area contributed by atoms with Gasteiger partial charge in [0.25, 0.3) is 0 Å². The Labute approximate surface area is 159 Å². The van der Waals surface area contributed by atoms with Crippen LogP contribution in [-0.2, 0) is 4.79 Å². The third-order valence-electron chi connectivity index (χ3n) is 4.42. The van der Waals surface area contributed by atoms with Gasteiger partial charge in [0.05, 0.1) is 12.0 Å². The van der Waals surface area contributed by atoms with Crippen molar-refractivity contribution in [2.75, 3.05) is 6.61 Å². The number of aromatic carboxylic acids is 1. The minimum atomic E-state index is -1.13. The molecule has 5 heteroatoms. The maximum absolute atomic E-state index is 12.5. The lowest BCUT2D eigenvalue weighted by Crippen LogP contribution is -2.30. The van der Waals surface area contributed by atoms with Crippen LogP contribution in [0, 0.1) is 19.3 Å². The molecule has 0 unspecified atom stereocenters. The second-order valence-corrected chi connectivity index (χ2v) is 7.30. The normalized spacial score (nSPS) is 11.1. The summed E-state index contributed by atoms with van der Waals surface area (Å²) in [4.78, 5) is 23.8. The minimum absolute atomic E-state index is 0.0279. The number of aryl methyl sites for hydroxylation is 2. The van der Waals surface area contributed by atoms with Gasteiger partial charge in [0.15, 0.2) is 0 Å². The lowest BCUT2D eigenvalue weighted by Gasteiger charge is -2.23. The van der Waals surface area contributed by atoms with Gasteiger partial charge in [0, 0.05) is 0 Å². The van der Waals surface area contributed by atoms with Crippen LogP contribution in [0.5, 0.6) is 11.5 Å². The smallest absolute Gasteiger partial charge is 0.339 e. The Morgan fingerprint density at radius 3 is 2.44 bits per heavy atom. The van der Waals surface area contributed by atoms with E-state index in [4.69, 9.17) is 9.47 Å². The summed E-state index contributed by atoms with van der Waals surface area (Å²) in [7, 11) is 0. The highest BCUT2D eigenvalue weighted by atomic mass is 16.5. The summed E-state index contributed by atoms with van der Waals surface area (Å²) in [5, 5.41) is 9.20. The Hall–Kier alpha value is -2.82. The van der Waals surface area contributed by atoms with Crippen LogP contribution in [-0.4, -0.2) is 23.7 Å². The van der Waals surface area contributed by atoms with Crippen molar-refractivity contribution in [3.05, 3.63) is 59.2 Å². The van der Waals surface area contributed by atoms with Gasteiger partial charge in [-0.25, -0.2) is 4.79 Å². The third kappa shape index (κ3) is 5.58. The Kier molecular flexibility index (Phi) is 6.61. The van der Waals surface area contributed by atoms with Gasteiger partial charge in [-0.15, -0.1) is 0 Å². The summed E-state index contributed by atoms with van der Waals surface area (Å²) in [5.74, 6) is -0.665. The molecule has 1 N–H and O–H groups in total. The largest absolute Gasteiger partial charge is 0.493 e. The molecule has 0 aliphatic heterocycles. The average molecular weight is 370 g/mol. The monoisotopic (exact) mass is 370 g/mol. The van der Waals surface area contributed by atoms with E-state index >= 15 is 0 Å². The molecule has 2 aromatic rings. The fourth-order valence-electron chi connectivity index (χ4n) is 2.63. The summed E-state index contributed by atoms with van der Waals surface area (Å²) in [6, 6.07) is 12.2. The lowest BCUT2D eigenvalue weighted by molar-refractivity contribution is -0.144. The lowest BCUT2D eigenvalue weighted by atomic mass is 9.88. The molecule has 2 aromatic carbocycles. The van der Waals surface area contributed by atoms with E-state index in [9.17, 15) is 14.7 Å². The maximum atomic E-state index is 12.5. The molecule has 27 heavy (non-hydrogen) atoms. The molecule has 0 bridgehead atoms. The van der Waals surface area contributed by atoms with Crippen molar-refractivity contribution in [3.8, 4) is 11.5 Å². The fourth-order valence-corrected chi connectivity index (χ4v) is 2.63. The van der Waals surface area contributed by atoms with Gasteiger partial charge in [0.1, 0.15) is 17.1 Å². The molecule has 0 aliphatic carbocycles. The van der Waals surface area contributed by atoms with Crippen LogP contribution in [0.15, 0.2) is 42.5 Å². The van der Waals surface area contributed by atoms with Crippen LogP contribution in [0.4, 0.5) is 0 Å². The zero-order chi connectivity index (χ0) is 20.0. The van der Waals surface area contributed by atoms with E-state index in [1.807, 2.05) is 32.0 Å². The second kappa shape index (κ2) is 8.71. The van der Waals surface area contributed by atoms with Crippen molar-refractivity contribution in [2.45, 2.75) is 40.5 Å². The summed E-state index contributed by atoms with van der Waals surface area (Å²) >= 11 is 0. The van der Waals surface area contributed by atoms with Crippen molar-refractivity contribution < 1.29 is 24.2 Å². The SMILES string of the molecule is Cc1ccc(C)c(OCCCC(C)(C)C(=O)Oc2ccccc2C(=O)O)c1. The van der Waals surface area contributed by atoms with Gasteiger partial charge >= 0.3 is 11.9 Å². The molecule has 144 valence electrons. The molecular weight excluding hydrogens is 344 g/mol. The van der Waals surface area contributed by atoms with Gasteiger partial charge < -0.3 is 14.6 Å². The van der Waals surface area contributed by atoms with Crippen molar-refractivity contribution in [1.82, 2.24) is 0 Å². The molecule has 0 aromatic heterocycles. The third-order valence-corrected chi connectivity index (χ3v) is 4.42. The molecule has 0 aliphatic rings. The van der Waals surface area contributed by atoms with E-state index in [2.05, 4.69) is 0 Å². The number of carboxylic acid groups (broad SMARTS) is 1. The number of hydrogen-bond acceptors (Lipinski definition) is 4. The first-order chi connectivity index (χ1) is 12.7. The van der Waals surface area contributed by atoms with Gasteiger partial charge in [-0.2, -0.15) is 0 Å².